The molecule has 1 amide bonds. The largest absolute Gasteiger partial charge is 0.493 e. The molecule has 0 unspecified atom stereocenters. The highest BCUT2D eigenvalue weighted by molar-refractivity contribution is 6.30. The van der Waals surface area contributed by atoms with Crippen LogP contribution in [-0.4, -0.2) is 19.6 Å². The lowest BCUT2D eigenvalue weighted by Gasteiger charge is -2.12. The molecule has 0 aliphatic rings. The van der Waals surface area contributed by atoms with E-state index in [9.17, 15) is 4.79 Å². The lowest BCUT2D eigenvalue weighted by atomic mass is 10.2. The maximum absolute atomic E-state index is 11.9. The predicted octanol–water partition coefficient (Wildman–Crippen LogP) is 3.29. The number of rotatable bonds is 6. The second kappa shape index (κ2) is 8.11. The number of amides is 1. The highest BCUT2D eigenvalue weighted by Crippen LogP contribution is 2.29. The Morgan fingerprint density at radius 1 is 1.22 bits per heavy atom. The fourth-order valence-electron chi connectivity index (χ4n) is 1.90. The third kappa shape index (κ3) is 4.67. The van der Waals surface area contributed by atoms with Crippen molar-refractivity contribution in [2.24, 2.45) is 0 Å². The average Bonchev–Trinajstić information content (AvgIpc) is 2.59. The highest BCUT2D eigenvalue weighted by Gasteiger charge is 2.11. The Labute approximate surface area is 140 Å². The molecule has 0 radical (unpaired) electrons. The topological polar surface area (TPSA) is 47.6 Å². The van der Waals surface area contributed by atoms with Gasteiger partial charge >= 0.3 is 0 Å². The number of carbonyl (C=O) groups excluding carboxylic acids is 1. The van der Waals surface area contributed by atoms with E-state index >= 15 is 0 Å². The van der Waals surface area contributed by atoms with Crippen molar-refractivity contribution in [3.05, 3.63) is 58.6 Å². The van der Waals surface area contributed by atoms with Crippen molar-refractivity contribution in [3.63, 3.8) is 0 Å². The van der Waals surface area contributed by atoms with Gasteiger partial charge in [0.25, 0.3) is 5.91 Å². The minimum atomic E-state index is -0.259. The van der Waals surface area contributed by atoms with Crippen LogP contribution in [0.5, 0.6) is 11.5 Å². The van der Waals surface area contributed by atoms with Crippen molar-refractivity contribution >= 4 is 17.5 Å². The van der Waals surface area contributed by atoms with Crippen LogP contribution < -0.4 is 14.8 Å². The smallest absolute Gasteiger partial charge is 0.252 e. The van der Waals surface area contributed by atoms with Gasteiger partial charge < -0.3 is 14.8 Å². The molecule has 0 fully saturated rings. The van der Waals surface area contributed by atoms with Gasteiger partial charge in [-0.15, -0.1) is 6.42 Å². The Morgan fingerprint density at radius 3 is 2.61 bits per heavy atom. The number of terminal acetylenes is 1. The Bertz CT molecular complexity index is 720. The average molecular weight is 330 g/mol. The second-order valence-corrected chi connectivity index (χ2v) is 5.10. The maximum Gasteiger partial charge on any atom is 0.252 e. The zero-order chi connectivity index (χ0) is 16.7. The third-order valence-corrected chi connectivity index (χ3v) is 3.34. The molecule has 1 N–H and O–H groups in total. The molecule has 4 nitrogen and oxygen atoms in total. The summed E-state index contributed by atoms with van der Waals surface area (Å²) >= 11 is 5.85. The first-order valence-corrected chi connectivity index (χ1v) is 7.28. The molecule has 0 aromatic heterocycles. The van der Waals surface area contributed by atoms with Crippen molar-refractivity contribution in [2.75, 3.05) is 13.7 Å². The zero-order valence-corrected chi connectivity index (χ0v) is 13.4. The summed E-state index contributed by atoms with van der Waals surface area (Å²) in [6.07, 6.45) is 5.12. The maximum atomic E-state index is 11.9. The van der Waals surface area contributed by atoms with Crippen molar-refractivity contribution < 1.29 is 14.3 Å². The van der Waals surface area contributed by atoms with Gasteiger partial charge in [0.2, 0.25) is 0 Å². The van der Waals surface area contributed by atoms with Crippen molar-refractivity contribution in [3.8, 4) is 23.8 Å². The summed E-state index contributed by atoms with van der Waals surface area (Å²) < 4.78 is 11.0. The summed E-state index contributed by atoms with van der Waals surface area (Å²) in [5, 5.41) is 3.27. The monoisotopic (exact) mass is 329 g/mol. The summed E-state index contributed by atoms with van der Waals surface area (Å²) in [4.78, 5) is 11.9. The van der Waals surface area contributed by atoms with Gasteiger partial charge in [0.05, 0.1) is 13.7 Å². The molecule has 2 aromatic rings. The van der Waals surface area contributed by atoms with Crippen LogP contribution in [0.4, 0.5) is 0 Å². The van der Waals surface area contributed by atoms with E-state index in [4.69, 9.17) is 27.5 Å². The summed E-state index contributed by atoms with van der Waals surface area (Å²) in [6, 6.07) is 12.3. The lowest BCUT2D eigenvalue weighted by molar-refractivity contribution is 0.0958. The van der Waals surface area contributed by atoms with Gasteiger partial charge in [0.1, 0.15) is 6.61 Å². The van der Waals surface area contributed by atoms with Gasteiger partial charge in [0.15, 0.2) is 11.5 Å². The van der Waals surface area contributed by atoms with Crippen LogP contribution in [0.25, 0.3) is 0 Å². The van der Waals surface area contributed by atoms with Crippen LogP contribution in [0.3, 0.4) is 0 Å². The Balaban J connectivity index is 2.08. The van der Waals surface area contributed by atoms with Crippen LogP contribution >= 0.6 is 11.6 Å². The fraction of sp³-hybridized carbons (Fsp3) is 0.167. The molecule has 0 atom stereocenters. The standard InChI is InChI=1S/C18H16ClNO3/c1-3-10-20-18(21)14-6-9-16(17(11-14)22-2)23-12-13-4-7-15(19)8-5-13/h1,4-9,11H,10,12H2,2H3,(H,20,21). The number of ether oxygens (including phenoxy) is 2. The predicted molar refractivity (Wildman–Crippen MR) is 89.9 cm³/mol. The van der Waals surface area contributed by atoms with Crippen molar-refractivity contribution in [1.29, 1.82) is 0 Å². The lowest BCUT2D eigenvalue weighted by Crippen LogP contribution is -2.23. The number of hydrogen-bond acceptors (Lipinski definition) is 3. The number of hydrogen-bond donors (Lipinski definition) is 1. The van der Waals surface area contributed by atoms with E-state index in [1.807, 2.05) is 12.1 Å². The van der Waals surface area contributed by atoms with Gasteiger partial charge in [-0.2, -0.15) is 0 Å². The Kier molecular flexibility index (Phi) is 5.90. The SMILES string of the molecule is C#CCNC(=O)c1ccc(OCc2ccc(Cl)cc2)c(OC)c1. The molecular formula is C18H16ClNO3. The van der Waals surface area contributed by atoms with E-state index in [2.05, 4.69) is 11.2 Å². The molecule has 23 heavy (non-hydrogen) atoms. The minimum Gasteiger partial charge on any atom is -0.493 e. The minimum absolute atomic E-state index is 0.177. The van der Waals surface area contributed by atoms with Crippen LogP contribution in [0.15, 0.2) is 42.5 Å². The molecule has 2 aromatic carbocycles. The zero-order valence-electron chi connectivity index (χ0n) is 12.6. The van der Waals surface area contributed by atoms with Gasteiger partial charge in [-0.1, -0.05) is 29.7 Å². The van der Waals surface area contributed by atoms with E-state index in [0.717, 1.165) is 5.56 Å². The Morgan fingerprint density at radius 2 is 1.96 bits per heavy atom. The van der Waals surface area contributed by atoms with Crippen LogP contribution in [0.2, 0.25) is 5.02 Å². The first-order chi connectivity index (χ1) is 11.1. The van der Waals surface area contributed by atoms with Crippen LogP contribution in [0, 0.1) is 12.3 Å². The molecule has 118 valence electrons. The number of benzene rings is 2. The molecule has 5 heteroatoms. The quantitative estimate of drug-likeness (QED) is 0.827. The number of methoxy groups -OCH3 is 1. The van der Waals surface area contributed by atoms with E-state index in [1.54, 1.807) is 30.3 Å². The molecule has 0 aliphatic carbocycles. The number of nitrogens with one attached hydrogen (secondary N) is 1. The molecule has 0 saturated heterocycles. The first-order valence-electron chi connectivity index (χ1n) is 6.91. The van der Waals surface area contributed by atoms with Gasteiger partial charge in [0, 0.05) is 10.6 Å². The van der Waals surface area contributed by atoms with Crippen molar-refractivity contribution in [2.45, 2.75) is 6.61 Å². The summed E-state index contributed by atoms with van der Waals surface area (Å²) in [5.41, 5.74) is 1.43. The van der Waals surface area contributed by atoms with Crippen molar-refractivity contribution in [1.82, 2.24) is 5.32 Å². The van der Waals surface area contributed by atoms with E-state index < -0.39 is 0 Å². The molecule has 0 saturated carbocycles. The summed E-state index contributed by atoms with van der Waals surface area (Å²) in [6.45, 7) is 0.548. The highest BCUT2D eigenvalue weighted by atomic mass is 35.5. The van der Waals surface area contributed by atoms with E-state index in [1.165, 1.54) is 7.11 Å². The van der Waals surface area contributed by atoms with Gasteiger partial charge in [-0.25, -0.2) is 0 Å². The molecule has 2 rings (SSSR count). The summed E-state index contributed by atoms with van der Waals surface area (Å²) in [5.74, 6) is 3.13. The fourth-order valence-corrected chi connectivity index (χ4v) is 2.03. The molecule has 0 heterocycles. The molecule has 0 spiro atoms. The normalized spacial score (nSPS) is 9.78. The number of carbonyl (C=O) groups is 1. The Hall–Kier alpha value is -2.64. The molecule has 0 aliphatic heterocycles. The number of halogens is 1. The van der Waals surface area contributed by atoms with Crippen LogP contribution in [0.1, 0.15) is 15.9 Å². The van der Waals surface area contributed by atoms with Gasteiger partial charge in [-0.05, 0) is 35.9 Å². The van der Waals surface area contributed by atoms with Gasteiger partial charge in [-0.3, -0.25) is 4.79 Å². The molecular weight excluding hydrogens is 314 g/mol. The third-order valence-electron chi connectivity index (χ3n) is 3.08. The summed E-state index contributed by atoms with van der Waals surface area (Å²) in [7, 11) is 1.52. The first kappa shape index (κ1) is 16.7. The van der Waals surface area contributed by atoms with E-state index in [-0.39, 0.29) is 12.5 Å². The second-order valence-electron chi connectivity index (χ2n) is 4.67. The molecule has 0 bridgehead atoms. The van der Waals surface area contributed by atoms with E-state index in [0.29, 0.717) is 28.7 Å². The van der Waals surface area contributed by atoms with Crippen LogP contribution in [-0.2, 0) is 6.61 Å².